The molecular formula is C16H14N4O2. The van der Waals surface area contributed by atoms with Gasteiger partial charge in [0.25, 0.3) is 5.91 Å². The molecule has 0 fully saturated rings. The largest absolute Gasteiger partial charge is 0.350 e. The van der Waals surface area contributed by atoms with Crippen molar-refractivity contribution in [3.63, 3.8) is 0 Å². The van der Waals surface area contributed by atoms with Gasteiger partial charge in [0, 0.05) is 24.7 Å². The monoisotopic (exact) mass is 294 g/mol. The lowest BCUT2D eigenvalue weighted by Gasteiger charge is -2.01. The molecule has 2 heterocycles. The molecule has 0 atom stereocenters. The standard InChI is InChI=1S/C16H14N4O2/c21-16(13-8-4-5-10-17-13)18-11-9-14-19-15(20-22-14)12-6-2-1-3-7-12/h1-8,10H,9,11H2,(H,18,21). The second-order valence-corrected chi connectivity index (χ2v) is 4.60. The summed E-state index contributed by atoms with van der Waals surface area (Å²) in [5, 5.41) is 6.70. The van der Waals surface area contributed by atoms with E-state index in [0.717, 1.165) is 5.56 Å². The van der Waals surface area contributed by atoms with Gasteiger partial charge in [0.05, 0.1) is 0 Å². The van der Waals surface area contributed by atoms with E-state index >= 15 is 0 Å². The minimum Gasteiger partial charge on any atom is -0.350 e. The number of amides is 1. The molecule has 0 aliphatic rings. The minimum absolute atomic E-state index is 0.219. The van der Waals surface area contributed by atoms with Crippen LogP contribution < -0.4 is 5.32 Å². The zero-order valence-electron chi connectivity index (χ0n) is 11.8. The molecule has 2 aromatic heterocycles. The van der Waals surface area contributed by atoms with Gasteiger partial charge in [0.15, 0.2) is 0 Å². The molecule has 1 N–H and O–H groups in total. The maximum absolute atomic E-state index is 11.8. The molecule has 0 unspecified atom stereocenters. The summed E-state index contributed by atoms with van der Waals surface area (Å²) in [5.74, 6) is 0.815. The van der Waals surface area contributed by atoms with Crippen molar-refractivity contribution in [1.82, 2.24) is 20.4 Å². The van der Waals surface area contributed by atoms with E-state index in [1.807, 2.05) is 30.3 Å². The Hall–Kier alpha value is -3.02. The molecule has 0 aliphatic heterocycles. The van der Waals surface area contributed by atoms with Crippen molar-refractivity contribution in [2.24, 2.45) is 0 Å². The van der Waals surface area contributed by atoms with Crippen molar-refractivity contribution in [2.75, 3.05) is 6.54 Å². The van der Waals surface area contributed by atoms with Gasteiger partial charge in [-0.2, -0.15) is 4.98 Å². The number of carbonyl (C=O) groups excluding carboxylic acids is 1. The van der Waals surface area contributed by atoms with Crippen LogP contribution in [0.3, 0.4) is 0 Å². The van der Waals surface area contributed by atoms with Crippen LogP contribution in [0.2, 0.25) is 0 Å². The molecule has 3 aromatic rings. The van der Waals surface area contributed by atoms with Crippen LogP contribution in [0, 0.1) is 0 Å². The quantitative estimate of drug-likeness (QED) is 0.779. The number of rotatable bonds is 5. The molecule has 6 heteroatoms. The summed E-state index contributed by atoms with van der Waals surface area (Å²) in [6.45, 7) is 0.409. The summed E-state index contributed by atoms with van der Waals surface area (Å²) in [6.07, 6.45) is 2.05. The predicted molar refractivity (Wildman–Crippen MR) is 80.0 cm³/mol. The first-order chi connectivity index (χ1) is 10.8. The van der Waals surface area contributed by atoms with Crippen LogP contribution in [0.25, 0.3) is 11.4 Å². The van der Waals surface area contributed by atoms with E-state index in [9.17, 15) is 4.79 Å². The fraction of sp³-hybridized carbons (Fsp3) is 0.125. The summed E-state index contributed by atoms with van der Waals surface area (Å²) in [5.41, 5.74) is 1.29. The molecule has 110 valence electrons. The Morgan fingerprint density at radius 2 is 1.91 bits per heavy atom. The lowest BCUT2D eigenvalue weighted by Crippen LogP contribution is -2.26. The number of hydrogen-bond acceptors (Lipinski definition) is 5. The Kier molecular flexibility index (Phi) is 4.20. The summed E-state index contributed by atoms with van der Waals surface area (Å²) in [6, 6.07) is 14.8. The Balaban J connectivity index is 1.55. The van der Waals surface area contributed by atoms with Gasteiger partial charge < -0.3 is 9.84 Å². The Morgan fingerprint density at radius 1 is 1.09 bits per heavy atom. The zero-order valence-corrected chi connectivity index (χ0v) is 11.8. The molecule has 1 amide bonds. The highest BCUT2D eigenvalue weighted by Gasteiger charge is 2.09. The van der Waals surface area contributed by atoms with E-state index in [0.29, 0.717) is 30.4 Å². The highest BCUT2D eigenvalue weighted by molar-refractivity contribution is 5.92. The normalized spacial score (nSPS) is 10.4. The maximum Gasteiger partial charge on any atom is 0.269 e. The highest BCUT2D eigenvalue weighted by Crippen LogP contribution is 2.14. The highest BCUT2D eigenvalue weighted by atomic mass is 16.5. The Labute approximate surface area is 127 Å². The van der Waals surface area contributed by atoms with Crippen LogP contribution >= 0.6 is 0 Å². The van der Waals surface area contributed by atoms with E-state index in [1.165, 1.54) is 0 Å². The third-order valence-corrected chi connectivity index (χ3v) is 3.02. The van der Waals surface area contributed by atoms with Crippen molar-refractivity contribution in [3.8, 4) is 11.4 Å². The second-order valence-electron chi connectivity index (χ2n) is 4.60. The van der Waals surface area contributed by atoms with Gasteiger partial charge in [-0.05, 0) is 12.1 Å². The number of carbonyl (C=O) groups is 1. The van der Waals surface area contributed by atoms with Crippen LogP contribution in [0.5, 0.6) is 0 Å². The first-order valence-corrected chi connectivity index (χ1v) is 6.90. The van der Waals surface area contributed by atoms with Gasteiger partial charge in [-0.1, -0.05) is 41.6 Å². The fourth-order valence-electron chi connectivity index (χ4n) is 1.93. The number of pyridine rings is 1. The lowest BCUT2D eigenvalue weighted by molar-refractivity contribution is 0.0948. The first-order valence-electron chi connectivity index (χ1n) is 6.90. The van der Waals surface area contributed by atoms with E-state index in [4.69, 9.17) is 4.52 Å². The summed E-state index contributed by atoms with van der Waals surface area (Å²) < 4.78 is 5.18. The molecular weight excluding hydrogens is 280 g/mol. The molecule has 3 rings (SSSR count). The number of aromatic nitrogens is 3. The van der Waals surface area contributed by atoms with E-state index in [-0.39, 0.29) is 5.91 Å². The smallest absolute Gasteiger partial charge is 0.269 e. The van der Waals surface area contributed by atoms with Crippen LogP contribution in [-0.2, 0) is 6.42 Å². The van der Waals surface area contributed by atoms with Crippen molar-refractivity contribution in [2.45, 2.75) is 6.42 Å². The molecule has 0 aliphatic carbocycles. The number of hydrogen-bond donors (Lipinski definition) is 1. The number of nitrogens with one attached hydrogen (secondary N) is 1. The maximum atomic E-state index is 11.8. The number of nitrogens with zero attached hydrogens (tertiary/aromatic N) is 3. The van der Waals surface area contributed by atoms with E-state index in [2.05, 4.69) is 20.4 Å². The van der Waals surface area contributed by atoms with Gasteiger partial charge in [-0.3, -0.25) is 9.78 Å². The minimum atomic E-state index is -0.219. The van der Waals surface area contributed by atoms with Gasteiger partial charge in [-0.15, -0.1) is 0 Å². The average Bonchev–Trinajstić information content (AvgIpc) is 3.05. The van der Waals surface area contributed by atoms with Crippen molar-refractivity contribution in [3.05, 3.63) is 66.3 Å². The molecule has 0 spiro atoms. The molecule has 0 bridgehead atoms. The molecule has 22 heavy (non-hydrogen) atoms. The third-order valence-electron chi connectivity index (χ3n) is 3.02. The van der Waals surface area contributed by atoms with Crippen LogP contribution in [0.1, 0.15) is 16.4 Å². The fourth-order valence-corrected chi connectivity index (χ4v) is 1.93. The SMILES string of the molecule is O=C(NCCc1nc(-c2ccccc2)no1)c1ccccn1. The molecule has 6 nitrogen and oxygen atoms in total. The number of benzene rings is 1. The van der Waals surface area contributed by atoms with Crippen molar-refractivity contribution in [1.29, 1.82) is 0 Å². The summed E-state index contributed by atoms with van der Waals surface area (Å²) >= 11 is 0. The second kappa shape index (κ2) is 6.62. The van der Waals surface area contributed by atoms with Gasteiger partial charge >= 0.3 is 0 Å². The Morgan fingerprint density at radius 3 is 2.68 bits per heavy atom. The van der Waals surface area contributed by atoms with Crippen LogP contribution in [-0.4, -0.2) is 27.6 Å². The van der Waals surface area contributed by atoms with Crippen LogP contribution in [0.15, 0.2) is 59.3 Å². The first kappa shape index (κ1) is 13.9. The molecule has 0 radical (unpaired) electrons. The average molecular weight is 294 g/mol. The molecule has 0 saturated heterocycles. The molecule has 1 aromatic carbocycles. The lowest BCUT2D eigenvalue weighted by atomic mass is 10.2. The van der Waals surface area contributed by atoms with Gasteiger partial charge in [0.2, 0.25) is 11.7 Å². The third kappa shape index (κ3) is 3.35. The molecule has 0 saturated carbocycles. The predicted octanol–water partition coefficient (Wildman–Crippen LogP) is 2.10. The van der Waals surface area contributed by atoms with Crippen molar-refractivity contribution >= 4 is 5.91 Å². The summed E-state index contributed by atoms with van der Waals surface area (Å²) in [7, 11) is 0. The van der Waals surface area contributed by atoms with Gasteiger partial charge in [-0.25, -0.2) is 0 Å². The Bertz CT molecular complexity index is 741. The zero-order chi connectivity index (χ0) is 15.2. The van der Waals surface area contributed by atoms with Gasteiger partial charge in [0.1, 0.15) is 5.69 Å². The van der Waals surface area contributed by atoms with E-state index in [1.54, 1.807) is 24.4 Å². The van der Waals surface area contributed by atoms with Crippen molar-refractivity contribution < 1.29 is 9.32 Å². The van der Waals surface area contributed by atoms with Crippen LogP contribution in [0.4, 0.5) is 0 Å². The topological polar surface area (TPSA) is 80.9 Å². The summed E-state index contributed by atoms with van der Waals surface area (Å²) in [4.78, 5) is 20.1. The van der Waals surface area contributed by atoms with E-state index < -0.39 is 0 Å².